The second-order valence-electron chi connectivity index (χ2n) is 4.03. The van der Waals surface area contributed by atoms with Crippen molar-refractivity contribution in [3.8, 4) is 0 Å². The quantitative estimate of drug-likeness (QED) is 0.593. The lowest BCUT2D eigenvalue weighted by molar-refractivity contribution is 0.624. The molecule has 0 aromatic rings. The minimum atomic E-state index is 0.150. The molecule has 0 amide bonds. The highest BCUT2D eigenvalue weighted by molar-refractivity contribution is 5.44. The van der Waals surface area contributed by atoms with E-state index in [1.165, 1.54) is 11.1 Å². The predicted molar refractivity (Wildman–Crippen MR) is 59.6 cm³/mol. The molecule has 0 bridgehead atoms. The molecule has 0 fully saturated rings. The molecular weight excluding hydrogens is 156 g/mol. The molecule has 0 saturated heterocycles. The van der Waals surface area contributed by atoms with Gasteiger partial charge >= 0.3 is 0 Å². The zero-order valence-electron chi connectivity index (χ0n) is 8.80. The SMILES string of the molecule is C=CC1=CC(C)(C)C=CC=C1CC. The van der Waals surface area contributed by atoms with Crippen LogP contribution in [0.3, 0.4) is 0 Å². The van der Waals surface area contributed by atoms with Crippen molar-refractivity contribution in [2.24, 2.45) is 5.41 Å². The van der Waals surface area contributed by atoms with Crippen LogP contribution in [0.1, 0.15) is 27.2 Å². The van der Waals surface area contributed by atoms with Gasteiger partial charge in [0.25, 0.3) is 0 Å². The maximum atomic E-state index is 3.85. The van der Waals surface area contributed by atoms with Gasteiger partial charge in [0, 0.05) is 5.41 Å². The van der Waals surface area contributed by atoms with Crippen LogP contribution >= 0.6 is 0 Å². The number of rotatable bonds is 2. The third-order valence-electron chi connectivity index (χ3n) is 2.32. The zero-order chi connectivity index (χ0) is 9.90. The van der Waals surface area contributed by atoms with E-state index in [0.29, 0.717) is 0 Å². The summed E-state index contributed by atoms with van der Waals surface area (Å²) in [7, 11) is 0. The summed E-state index contributed by atoms with van der Waals surface area (Å²) in [6.45, 7) is 10.4. The van der Waals surface area contributed by atoms with Crippen LogP contribution in [0.5, 0.6) is 0 Å². The van der Waals surface area contributed by atoms with E-state index in [9.17, 15) is 0 Å². The fourth-order valence-corrected chi connectivity index (χ4v) is 1.56. The summed E-state index contributed by atoms with van der Waals surface area (Å²) in [6.07, 6.45) is 11.8. The Morgan fingerprint density at radius 2 is 2.15 bits per heavy atom. The van der Waals surface area contributed by atoms with Crippen LogP contribution in [0.2, 0.25) is 0 Å². The van der Waals surface area contributed by atoms with Crippen molar-refractivity contribution >= 4 is 0 Å². The molecule has 1 aliphatic rings. The van der Waals surface area contributed by atoms with Gasteiger partial charge in [-0.25, -0.2) is 0 Å². The van der Waals surface area contributed by atoms with Gasteiger partial charge in [0.1, 0.15) is 0 Å². The summed E-state index contributed by atoms with van der Waals surface area (Å²) in [6, 6.07) is 0. The maximum absolute atomic E-state index is 3.85. The molecular formula is C13H18. The van der Waals surface area contributed by atoms with Crippen molar-refractivity contribution in [1.82, 2.24) is 0 Å². The van der Waals surface area contributed by atoms with Crippen molar-refractivity contribution < 1.29 is 0 Å². The fourth-order valence-electron chi connectivity index (χ4n) is 1.56. The molecule has 1 rings (SSSR count). The lowest BCUT2D eigenvalue weighted by Gasteiger charge is -2.15. The van der Waals surface area contributed by atoms with Crippen LogP contribution in [0.4, 0.5) is 0 Å². The Morgan fingerprint density at radius 1 is 1.46 bits per heavy atom. The second kappa shape index (κ2) is 3.78. The minimum absolute atomic E-state index is 0.150. The summed E-state index contributed by atoms with van der Waals surface area (Å²) < 4.78 is 0. The van der Waals surface area contributed by atoms with Crippen molar-refractivity contribution in [2.45, 2.75) is 27.2 Å². The molecule has 0 nitrogen and oxygen atoms in total. The molecule has 0 atom stereocenters. The van der Waals surface area contributed by atoms with Crippen LogP contribution < -0.4 is 0 Å². The Bertz CT molecular complexity index is 285. The molecule has 0 heterocycles. The highest BCUT2D eigenvalue weighted by Crippen LogP contribution is 2.28. The normalized spacial score (nSPS) is 20.2. The summed E-state index contributed by atoms with van der Waals surface area (Å²) in [4.78, 5) is 0. The van der Waals surface area contributed by atoms with Crippen molar-refractivity contribution in [3.05, 3.63) is 48.1 Å². The van der Waals surface area contributed by atoms with Crippen LogP contribution in [0, 0.1) is 5.41 Å². The van der Waals surface area contributed by atoms with Crippen molar-refractivity contribution in [2.75, 3.05) is 0 Å². The third kappa shape index (κ3) is 2.45. The first-order valence-electron chi connectivity index (χ1n) is 4.83. The molecule has 0 heteroatoms. The predicted octanol–water partition coefficient (Wildman–Crippen LogP) is 4.03. The molecule has 0 aromatic carbocycles. The van der Waals surface area contributed by atoms with E-state index in [0.717, 1.165) is 6.42 Å². The molecule has 0 aliphatic heterocycles. The van der Waals surface area contributed by atoms with Gasteiger partial charge in [-0.3, -0.25) is 0 Å². The maximum Gasteiger partial charge on any atom is 0.00166 e. The lowest BCUT2D eigenvalue weighted by Crippen LogP contribution is -2.02. The van der Waals surface area contributed by atoms with Gasteiger partial charge < -0.3 is 0 Å². The molecule has 1 aliphatic carbocycles. The molecule has 0 saturated carbocycles. The van der Waals surface area contributed by atoms with E-state index >= 15 is 0 Å². The van der Waals surface area contributed by atoms with E-state index in [4.69, 9.17) is 0 Å². The summed E-state index contributed by atoms with van der Waals surface area (Å²) in [5.41, 5.74) is 2.80. The molecule has 0 radical (unpaired) electrons. The van der Waals surface area contributed by atoms with Gasteiger partial charge in [-0.1, -0.05) is 57.7 Å². The lowest BCUT2D eigenvalue weighted by atomic mass is 9.90. The van der Waals surface area contributed by atoms with Gasteiger partial charge in [0.2, 0.25) is 0 Å². The number of hydrogen-bond donors (Lipinski definition) is 0. The van der Waals surface area contributed by atoms with Gasteiger partial charge in [0.05, 0.1) is 0 Å². The highest BCUT2D eigenvalue weighted by atomic mass is 14.2. The van der Waals surface area contributed by atoms with Crippen LogP contribution in [-0.4, -0.2) is 0 Å². The van der Waals surface area contributed by atoms with E-state index in [2.05, 4.69) is 51.7 Å². The van der Waals surface area contributed by atoms with Gasteiger partial charge in [-0.05, 0) is 17.6 Å². The largest absolute Gasteiger partial charge is 0.0985 e. The Kier molecular flexibility index (Phi) is 2.92. The molecule has 0 N–H and O–H groups in total. The first-order chi connectivity index (χ1) is 6.09. The standard InChI is InChI=1S/C13H18/c1-5-11-8-7-9-13(3,4)10-12(11)6-2/h6-10H,2,5H2,1,3-4H3. The smallest absolute Gasteiger partial charge is 0.00166 e. The van der Waals surface area contributed by atoms with Gasteiger partial charge in [-0.2, -0.15) is 0 Å². The molecule has 0 unspecified atom stereocenters. The molecule has 0 aromatic heterocycles. The van der Waals surface area contributed by atoms with Crippen molar-refractivity contribution in [3.63, 3.8) is 0 Å². The topological polar surface area (TPSA) is 0 Å². The molecule has 0 spiro atoms. The average Bonchev–Trinajstić information content (AvgIpc) is 2.22. The summed E-state index contributed by atoms with van der Waals surface area (Å²) in [5, 5.41) is 0. The highest BCUT2D eigenvalue weighted by Gasteiger charge is 2.13. The average molecular weight is 174 g/mol. The Morgan fingerprint density at radius 3 is 2.69 bits per heavy atom. The minimum Gasteiger partial charge on any atom is -0.0985 e. The van der Waals surface area contributed by atoms with Crippen LogP contribution in [0.25, 0.3) is 0 Å². The van der Waals surface area contributed by atoms with Gasteiger partial charge in [0.15, 0.2) is 0 Å². The second-order valence-corrected chi connectivity index (χ2v) is 4.03. The van der Waals surface area contributed by atoms with Crippen LogP contribution in [-0.2, 0) is 0 Å². The van der Waals surface area contributed by atoms with E-state index < -0.39 is 0 Å². The first kappa shape index (κ1) is 10.0. The zero-order valence-corrected chi connectivity index (χ0v) is 8.80. The summed E-state index contributed by atoms with van der Waals surface area (Å²) in [5.74, 6) is 0. The summed E-state index contributed by atoms with van der Waals surface area (Å²) >= 11 is 0. The van der Waals surface area contributed by atoms with E-state index in [1.807, 2.05) is 6.08 Å². The van der Waals surface area contributed by atoms with E-state index in [1.54, 1.807) is 0 Å². The Hall–Kier alpha value is -1.04. The van der Waals surface area contributed by atoms with Crippen LogP contribution in [0.15, 0.2) is 48.1 Å². The van der Waals surface area contributed by atoms with Gasteiger partial charge in [-0.15, -0.1) is 0 Å². The Balaban J connectivity index is 3.10. The van der Waals surface area contributed by atoms with E-state index in [-0.39, 0.29) is 5.41 Å². The molecule has 70 valence electrons. The number of allylic oxidation sites excluding steroid dienone is 7. The third-order valence-corrected chi connectivity index (χ3v) is 2.32. The molecule has 13 heavy (non-hydrogen) atoms. The Labute approximate surface area is 81.4 Å². The fraction of sp³-hybridized carbons (Fsp3) is 0.385. The monoisotopic (exact) mass is 174 g/mol. The number of hydrogen-bond acceptors (Lipinski definition) is 0. The van der Waals surface area contributed by atoms with Crippen molar-refractivity contribution in [1.29, 1.82) is 0 Å². The first-order valence-corrected chi connectivity index (χ1v) is 4.83.